The highest BCUT2D eigenvalue weighted by Gasteiger charge is 2.22. The Bertz CT molecular complexity index is 439. The second kappa shape index (κ2) is 3.76. The van der Waals surface area contributed by atoms with Gasteiger partial charge in [0.2, 0.25) is 5.56 Å². The SMILES string of the molecule is CCCN1C(=O)NCc2c[nH]c(=O)cc21. The fourth-order valence-corrected chi connectivity index (χ4v) is 1.70. The molecule has 2 N–H and O–H groups in total. The molecule has 2 amide bonds. The van der Waals surface area contributed by atoms with E-state index in [2.05, 4.69) is 10.3 Å². The molecule has 0 fully saturated rings. The van der Waals surface area contributed by atoms with Crippen molar-refractivity contribution in [1.82, 2.24) is 10.3 Å². The van der Waals surface area contributed by atoms with E-state index in [1.807, 2.05) is 6.92 Å². The Labute approximate surface area is 87.1 Å². The van der Waals surface area contributed by atoms with Crippen LogP contribution in [0.5, 0.6) is 0 Å². The summed E-state index contributed by atoms with van der Waals surface area (Å²) in [5.41, 5.74) is 1.50. The zero-order chi connectivity index (χ0) is 10.8. The van der Waals surface area contributed by atoms with Gasteiger partial charge in [0.1, 0.15) is 0 Å². The van der Waals surface area contributed by atoms with Gasteiger partial charge in [-0.05, 0) is 6.42 Å². The highest BCUT2D eigenvalue weighted by molar-refractivity contribution is 5.94. The Hall–Kier alpha value is -1.78. The fraction of sp³-hybridized carbons (Fsp3) is 0.400. The summed E-state index contributed by atoms with van der Waals surface area (Å²) in [5, 5.41) is 2.76. The minimum Gasteiger partial charge on any atom is -0.333 e. The first-order chi connectivity index (χ1) is 7.22. The van der Waals surface area contributed by atoms with Crippen LogP contribution in [-0.2, 0) is 6.54 Å². The standard InChI is InChI=1S/C10H13N3O2/c1-2-3-13-8-4-9(14)11-5-7(8)6-12-10(13)15/h4-5H,2-3,6H2,1H3,(H,11,14)(H,12,15). The first-order valence-electron chi connectivity index (χ1n) is 4.99. The predicted molar refractivity (Wildman–Crippen MR) is 56.9 cm³/mol. The number of carbonyl (C=O) groups is 1. The summed E-state index contributed by atoms with van der Waals surface area (Å²) in [6.07, 6.45) is 2.51. The molecule has 0 spiro atoms. The first kappa shape index (κ1) is 9.76. The number of nitrogens with one attached hydrogen (secondary N) is 2. The molecule has 0 unspecified atom stereocenters. The lowest BCUT2D eigenvalue weighted by atomic mass is 10.1. The lowest BCUT2D eigenvalue weighted by Crippen LogP contribution is -2.45. The molecule has 80 valence electrons. The second-order valence-electron chi connectivity index (χ2n) is 3.52. The minimum absolute atomic E-state index is 0.130. The molecule has 2 rings (SSSR count). The van der Waals surface area contributed by atoms with E-state index in [1.54, 1.807) is 11.1 Å². The molecule has 1 aromatic heterocycles. The molecular formula is C10H13N3O2. The van der Waals surface area contributed by atoms with E-state index in [4.69, 9.17) is 0 Å². The van der Waals surface area contributed by atoms with Gasteiger partial charge in [-0.25, -0.2) is 4.79 Å². The maximum absolute atomic E-state index is 11.6. The second-order valence-corrected chi connectivity index (χ2v) is 3.52. The van der Waals surface area contributed by atoms with Crippen LogP contribution in [0.3, 0.4) is 0 Å². The number of hydrogen-bond donors (Lipinski definition) is 2. The van der Waals surface area contributed by atoms with Crippen molar-refractivity contribution in [3.05, 3.63) is 28.2 Å². The number of amides is 2. The van der Waals surface area contributed by atoms with Crippen molar-refractivity contribution in [3.63, 3.8) is 0 Å². The quantitative estimate of drug-likeness (QED) is 0.753. The molecule has 5 nitrogen and oxygen atoms in total. The maximum atomic E-state index is 11.6. The van der Waals surface area contributed by atoms with Crippen LogP contribution in [0.25, 0.3) is 0 Å². The Morgan fingerprint density at radius 2 is 2.27 bits per heavy atom. The molecule has 1 aromatic rings. The van der Waals surface area contributed by atoms with Crippen molar-refractivity contribution in [2.45, 2.75) is 19.9 Å². The molecule has 0 aromatic carbocycles. The van der Waals surface area contributed by atoms with Crippen molar-refractivity contribution < 1.29 is 4.79 Å². The van der Waals surface area contributed by atoms with Gasteiger partial charge in [-0.15, -0.1) is 0 Å². The number of urea groups is 1. The Kier molecular flexibility index (Phi) is 2.45. The van der Waals surface area contributed by atoms with E-state index < -0.39 is 0 Å². The van der Waals surface area contributed by atoms with Gasteiger partial charge in [-0.3, -0.25) is 9.69 Å². The molecule has 1 aliphatic rings. The molecule has 1 aliphatic heterocycles. The van der Waals surface area contributed by atoms with Gasteiger partial charge in [-0.2, -0.15) is 0 Å². The average Bonchev–Trinajstić information content (AvgIpc) is 2.23. The summed E-state index contributed by atoms with van der Waals surface area (Å²) in [4.78, 5) is 27.0. The van der Waals surface area contributed by atoms with Gasteiger partial charge in [0.05, 0.1) is 5.69 Å². The van der Waals surface area contributed by atoms with Crippen molar-refractivity contribution in [2.24, 2.45) is 0 Å². The highest BCUT2D eigenvalue weighted by atomic mass is 16.2. The number of rotatable bonds is 2. The normalized spacial score (nSPS) is 14.7. The van der Waals surface area contributed by atoms with E-state index in [1.165, 1.54) is 6.07 Å². The number of H-pyrrole nitrogens is 1. The minimum atomic E-state index is -0.176. The summed E-state index contributed by atoms with van der Waals surface area (Å²) < 4.78 is 0. The third kappa shape index (κ3) is 1.72. The first-order valence-corrected chi connectivity index (χ1v) is 4.99. The van der Waals surface area contributed by atoms with Gasteiger partial charge >= 0.3 is 6.03 Å². The molecule has 0 saturated heterocycles. The molecule has 2 heterocycles. The lowest BCUT2D eigenvalue weighted by molar-refractivity contribution is 0.244. The lowest BCUT2D eigenvalue weighted by Gasteiger charge is -2.29. The summed E-state index contributed by atoms with van der Waals surface area (Å²) in [7, 11) is 0. The zero-order valence-electron chi connectivity index (χ0n) is 8.54. The van der Waals surface area contributed by atoms with Gasteiger partial charge in [0.15, 0.2) is 0 Å². The average molecular weight is 207 g/mol. The van der Waals surface area contributed by atoms with Crippen LogP contribution in [0, 0.1) is 0 Å². The summed E-state index contributed by atoms with van der Waals surface area (Å²) in [5.74, 6) is 0. The van der Waals surface area contributed by atoms with Crippen LogP contribution < -0.4 is 15.8 Å². The summed E-state index contributed by atoms with van der Waals surface area (Å²) >= 11 is 0. The largest absolute Gasteiger partial charge is 0.333 e. The number of aromatic nitrogens is 1. The Morgan fingerprint density at radius 1 is 1.47 bits per heavy atom. The molecule has 0 atom stereocenters. The van der Waals surface area contributed by atoms with Crippen molar-refractivity contribution in [3.8, 4) is 0 Å². The van der Waals surface area contributed by atoms with E-state index >= 15 is 0 Å². The highest BCUT2D eigenvalue weighted by Crippen LogP contribution is 2.21. The number of fused-ring (bicyclic) bond motifs is 1. The molecule has 5 heteroatoms. The van der Waals surface area contributed by atoms with E-state index in [-0.39, 0.29) is 11.6 Å². The molecule has 0 aliphatic carbocycles. The molecule has 0 bridgehead atoms. The van der Waals surface area contributed by atoms with E-state index in [0.29, 0.717) is 13.1 Å². The number of carbonyl (C=O) groups excluding carboxylic acids is 1. The monoisotopic (exact) mass is 207 g/mol. The van der Waals surface area contributed by atoms with Crippen LogP contribution in [0.1, 0.15) is 18.9 Å². The number of hydrogen-bond acceptors (Lipinski definition) is 2. The molecule has 0 saturated carbocycles. The van der Waals surface area contributed by atoms with Crippen LogP contribution in [0.2, 0.25) is 0 Å². The van der Waals surface area contributed by atoms with Crippen molar-refractivity contribution >= 4 is 11.7 Å². The molecule has 15 heavy (non-hydrogen) atoms. The summed E-state index contributed by atoms with van der Waals surface area (Å²) in [6, 6.07) is 1.35. The van der Waals surface area contributed by atoms with Crippen LogP contribution >= 0.6 is 0 Å². The smallest absolute Gasteiger partial charge is 0.322 e. The van der Waals surface area contributed by atoms with Crippen LogP contribution in [-0.4, -0.2) is 17.6 Å². The number of nitrogens with zero attached hydrogens (tertiary/aromatic N) is 1. The van der Waals surface area contributed by atoms with E-state index in [9.17, 15) is 9.59 Å². The predicted octanol–water partition coefficient (Wildman–Crippen LogP) is 0.815. The number of pyridine rings is 1. The third-order valence-electron chi connectivity index (χ3n) is 2.40. The van der Waals surface area contributed by atoms with Gasteiger partial charge in [0.25, 0.3) is 0 Å². The third-order valence-corrected chi connectivity index (χ3v) is 2.40. The molecular weight excluding hydrogens is 194 g/mol. The topological polar surface area (TPSA) is 65.2 Å². The van der Waals surface area contributed by atoms with E-state index in [0.717, 1.165) is 17.7 Å². The number of aromatic amines is 1. The van der Waals surface area contributed by atoms with Gasteiger partial charge in [-0.1, -0.05) is 6.92 Å². The van der Waals surface area contributed by atoms with Crippen LogP contribution in [0.15, 0.2) is 17.1 Å². The molecule has 0 radical (unpaired) electrons. The number of anilines is 1. The van der Waals surface area contributed by atoms with Gasteiger partial charge in [0, 0.05) is 30.9 Å². The summed E-state index contributed by atoms with van der Waals surface area (Å²) in [6.45, 7) is 3.10. The van der Waals surface area contributed by atoms with Crippen molar-refractivity contribution in [1.29, 1.82) is 0 Å². The Morgan fingerprint density at radius 3 is 3.00 bits per heavy atom. The van der Waals surface area contributed by atoms with Crippen LogP contribution in [0.4, 0.5) is 10.5 Å². The maximum Gasteiger partial charge on any atom is 0.322 e. The van der Waals surface area contributed by atoms with Gasteiger partial charge < -0.3 is 10.3 Å². The van der Waals surface area contributed by atoms with Crippen molar-refractivity contribution in [2.75, 3.05) is 11.4 Å². The zero-order valence-corrected chi connectivity index (χ0v) is 8.54. The fourth-order valence-electron chi connectivity index (χ4n) is 1.70. The Balaban J connectivity index is 2.45.